The van der Waals surface area contributed by atoms with Crippen molar-refractivity contribution in [3.05, 3.63) is 12.3 Å². The van der Waals surface area contributed by atoms with Crippen LogP contribution < -0.4 is 0 Å². The summed E-state index contributed by atoms with van der Waals surface area (Å²) >= 11 is 0. The first kappa shape index (κ1) is 9.57. The minimum absolute atomic E-state index is 0.191. The van der Waals surface area contributed by atoms with Crippen molar-refractivity contribution < 1.29 is 0 Å². The van der Waals surface area contributed by atoms with Gasteiger partial charge in [0.2, 0.25) is 0 Å². The molecule has 58 valence electrons. The largest absolute Gasteiger partial charge is 0.246 e. The number of rotatable bonds is 2. The molecule has 0 aliphatic rings. The summed E-state index contributed by atoms with van der Waals surface area (Å²) in [5.41, 5.74) is 0.191. The van der Waals surface area contributed by atoms with Gasteiger partial charge in [-0.05, 0) is 13.3 Å². The quantitative estimate of drug-likeness (QED) is 0.336. The summed E-state index contributed by atoms with van der Waals surface area (Å²) in [6.45, 7) is 7.11. The van der Waals surface area contributed by atoms with E-state index in [0.29, 0.717) is 5.84 Å². The monoisotopic (exact) mass is 149 g/mol. The molecule has 0 radical (unpaired) electrons. The number of allylic oxidation sites excluding steroid dienone is 1. The lowest BCUT2D eigenvalue weighted by atomic mass is 10.5. The van der Waals surface area contributed by atoms with Crippen LogP contribution in [0.5, 0.6) is 0 Å². The highest BCUT2D eigenvalue weighted by atomic mass is 14.9. The average Bonchev–Trinajstić information content (AvgIpc) is 2.00. The van der Waals surface area contributed by atoms with Crippen molar-refractivity contribution in [3.63, 3.8) is 0 Å². The van der Waals surface area contributed by atoms with Crippen molar-refractivity contribution in [3.8, 4) is 6.07 Å². The third-order valence-corrected chi connectivity index (χ3v) is 0.887. The summed E-state index contributed by atoms with van der Waals surface area (Å²) in [6, 6.07) is 1.82. The normalized spacial score (nSPS) is 11.5. The second kappa shape index (κ2) is 5.36. The number of aliphatic imine (C=N–C) groups is 2. The van der Waals surface area contributed by atoms with Gasteiger partial charge in [-0.1, -0.05) is 13.5 Å². The Morgan fingerprint density at radius 2 is 2.36 bits per heavy atom. The number of nitriles is 1. The van der Waals surface area contributed by atoms with Crippen molar-refractivity contribution in [2.45, 2.75) is 20.3 Å². The summed E-state index contributed by atoms with van der Waals surface area (Å²) in [6.07, 6.45) is 2.61. The third kappa shape index (κ3) is 5.04. The van der Waals surface area contributed by atoms with Crippen molar-refractivity contribution in [1.29, 1.82) is 5.26 Å². The van der Waals surface area contributed by atoms with Crippen LogP contribution in [-0.2, 0) is 0 Å². The molecule has 0 rings (SSSR count). The fourth-order valence-electron chi connectivity index (χ4n) is 0.473. The van der Waals surface area contributed by atoms with Crippen LogP contribution in [0, 0.1) is 11.3 Å². The SMILES string of the molecule is C=C(C#N)N=C(C)N=CCC. The van der Waals surface area contributed by atoms with Gasteiger partial charge in [-0.15, -0.1) is 0 Å². The van der Waals surface area contributed by atoms with Gasteiger partial charge in [-0.3, -0.25) is 0 Å². The molecule has 0 spiro atoms. The minimum Gasteiger partial charge on any atom is -0.246 e. The van der Waals surface area contributed by atoms with E-state index in [2.05, 4.69) is 16.6 Å². The Bertz CT molecular complexity index is 230. The molecule has 0 atom stereocenters. The van der Waals surface area contributed by atoms with Gasteiger partial charge >= 0.3 is 0 Å². The lowest BCUT2D eigenvalue weighted by Gasteiger charge is -1.87. The van der Waals surface area contributed by atoms with Gasteiger partial charge < -0.3 is 0 Å². The van der Waals surface area contributed by atoms with Crippen LogP contribution in [0.1, 0.15) is 20.3 Å². The molecular weight excluding hydrogens is 138 g/mol. The van der Waals surface area contributed by atoms with Crippen LogP contribution in [0.15, 0.2) is 22.3 Å². The maximum atomic E-state index is 8.30. The molecule has 0 heterocycles. The van der Waals surface area contributed by atoms with Crippen molar-refractivity contribution in [2.24, 2.45) is 9.98 Å². The molecule has 0 aromatic rings. The van der Waals surface area contributed by atoms with Crippen LogP contribution in [0.4, 0.5) is 0 Å². The molecule has 0 unspecified atom stereocenters. The van der Waals surface area contributed by atoms with Gasteiger partial charge in [0.1, 0.15) is 17.6 Å². The maximum absolute atomic E-state index is 8.30. The summed E-state index contributed by atoms with van der Waals surface area (Å²) in [7, 11) is 0. The molecule has 0 bridgehead atoms. The molecule has 0 amide bonds. The van der Waals surface area contributed by atoms with Crippen molar-refractivity contribution in [1.82, 2.24) is 0 Å². The molecular formula is C8H11N3. The zero-order chi connectivity index (χ0) is 8.69. The highest BCUT2D eigenvalue weighted by Crippen LogP contribution is 1.91. The van der Waals surface area contributed by atoms with E-state index < -0.39 is 0 Å². The Morgan fingerprint density at radius 3 is 2.82 bits per heavy atom. The van der Waals surface area contributed by atoms with Gasteiger partial charge in [0, 0.05) is 6.21 Å². The predicted molar refractivity (Wildman–Crippen MR) is 46.6 cm³/mol. The highest BCUT2D eigenvalue weighted by molar-refractivity contribution is 5.88. The lowest BCUT2D eigenvalue weighted by Crippen LogP contribution is -1.86. The highest BCUT2D eigenvalue weighted by Gasteiger charge is 1.86. The second-order valence-corrected chi connectivity index (χ2v) is 1.94. The molecule has 0 aromatic carbocycles. The Kier molecular flexibility index (Phi) is 4.67. The topological polar surface area (TPSA) is 48.5 Å². The first-order valence-corrected chi connectivity index (χ1v) is 3.37. The zero-order valence-corrected chi connectivity index (χ0v) is 6.83. The van der Waals surface area contributed by atoms with Crippen LogP contribution in [0.3, 0.4) is 0 Å². The summed E-state index contributed by atoms with van der Waals surface area (Å²) in [5, 5.41) is 8.30. The summed E-state index contributed by atoms with van der Waals surface area (Å²) in [4.78, 5) is 7.74. The Morgan fingerprint density at radius 1 is 1.73 bits per heavy atom. The molecule has 0 aliphatic carbocycles. The fraction of sp³-hybridized carbons (Fsp3) is 0.375. The van der Waals surface area contributed by atoms with Crippen LogP contribution >= 0.6 is 0 Å². The molecule has 3 heteroatoms. The van der Waals surface area contributed by atoms with E-state index in [0.717, 1.165) is 6.42 Å². The van der Waals surface area contributed by atoms with Gasteiger partial charge in [-0.25, -0.2) is 9.98 Å². The number of hydrogen-bond acceptors (Lipinski definition) is 2. The molecule has 0 saturated carbocycles. The molecule has 11 heavy (non-hydrogen) atoms. The molecule has 0 N–H and O–H groups in total. The zero-order valence-electron chi connectivity index (χ0n) is 6.83. The van der Waals surface area contributed by atoms with Crippen molar-refractivity contribution >= 4 is 12.1 Å². The maximum Gasteiger partial charge on any atom is 0.135 e. The fourth-order valence-corrected chi connectivity index (χ4v) is 0.473. The Balaban J connectivity index is 4.14. The number of nitrogens with zero attached hydrogens (tertiary/aromatic N) is 3. The Hall–Kier alpha value is -1.43. The van der Waals surface area contributed by atoms with E-state index in [1.165, 1.54) is 0 Å². The van der Waals surface area contributed by atoms with Gasteiger partial charge in [-0.2, -0.15) is 5.26 Å². The van der Waals surface area contributed by atoms with E-state index in [1.807, 2.05) is 13.0 Å². The van der Waals surface area contributed by atoms with Crippen LogP contribution in [0.2, 0.25) is 0 Å². The van der Waals surface area contributed by atoms with E-state index in [1.54, 1.807) is 13.1 Å². The van der Waals surface area contributed by atoms with Crippen molar-refractivity contribution in [2.75, 3.05) is 0 Å². The van der Waals surface area contributed by atoms with E-state index >= 15 is 0 Å². The third-order valence-electron chi connectivity index (χ3n) is 0.887. The summed E-state index contributed by atoms with van der Waals surface area (Å²) in [5.74, 6) is 0.568. The van der Waals surface area contributed by atoms with Crippen LogP contribution in [-0.4, -0.2) is 12.1 Å². The van der Waals surface area contributed by atoms with E-state index in [4.69, 9.17) is 5.26 Å². The predicted octanol–water partition coefficient (Wildman–Crippen LogP) is 1.92. The average molecular weight is 149 g/mol. The smallest absolute Gasteiger partial charge is 0.135 e. The Labute approximate surface area is 66.8 Å². The molecule has 3 nitrogen and oxygen atoms in total. The van der Waals surface area contributed by atoms with Crippen LogP contribution in [0.25, 0.3) is 0 Å². The second-order valence-electron chi connectivity index (χ2n) is 1.94. The van der Waals surface area contributed by atoms with Gasteiger partial charge in [0.05, 0.1) is 0 Å². The van der Waals surface area contributed by atoms with E-state index in [-0.39, 0.29) is 5.70 Å². The molecule has 0 fully saturated rings. The first-order chi connectivity index (χ1) is 5.20. The minimum atomic E-state index is 0.191. The van der Waals surface area contributed by atoms with E-state index in [9.17, 15) is 0 Å². The number of hydrogen-bond donors (Lipinski definition) is 0. The van der Waals surface area contributed by atoms with Gasteiger partial charge in [0.15, 0.2) is 0 Å². The first-order valence-electron chi connectivity index (χ1n) is 3.37. The standard InChI is InChI=1S/C8H11N3/c1-4-5-10-8(3)11-7(2)6-9/h5H,2,4H2,1,3H3. The summed E-state index contributed by atoms with van der Waals surface area (Å²) < 4.78 is 0. The number of amidine groups is 1. The molecule has 0 saturated heterocycles. The van der Waals surface area contributed by atoms with Gasteiger partial charge in [0.25, 0.3) is 0 Å². The lowest BCUT2D eigenvalue weighted by molar-refractivity contribution is 1.31. The molecule has 0 aliphatic heterocycles. The molecule has 0 aromatic heterocycles.